The molecule has 0 fully saturated rings. The van der Waals surface area contributed by atoms with Gasteiger partial charge >= 0.3 is 12.1 Å². The van der Waals surface area contributed by atoms with Crippen LogP contribution in [0.25, 0.3) is 11.4 Å². The zero-order chi connectivity index (χ0) is 15.9. The molecule has 1 unspecified atom stereocenters. The standard InChI is InChI=1S/C15H13F3N2O2.ClH/c16-15(17,18)11-3-1-2-9(6-11)13-19-7-12-5-4-10(14(21)22)8-20(12)13;/h1-3,6-7,10H,4-5,8H2,(H,21,22);1H. The van der Waals surface area contributed by atoms with Crippen molar-refractivity contribution in [3.63, 3.8) is 0 Å². The van der Waals surface area contributed by atoms with E-state index in [0.29, 0.717) is 24.2 Å². The van der Waals surface area contributed by atoms with Gasteiger partial charge in [0.05, 0.1) is 11.5 Å². The van der Waals surface area contributed by atoms with E-state index in [1.807, 2.05) is 0 Å². The maximum Gasteiger partial charge on any atom is 0.416 e. The summed E-state index contributed by atoms with van der Waals surface area (Å²) in [6, 6.07) is 4.93. The van der Waals surface area contributed by atoms with E-state index in [4.69, 9.17) is 5.11 Å². The Kier molecular flexibility index (Phi) is 4.70. The molecule has 8 heteroatoms. The second kappa shape index (κ2) is 6.23. The van der Waals surface area contributed by atoms with Crippen LogP contribution in [0.4, 0.5) is 13.2 Å². The molecule has 0 radical (unpaired) electrons. The van der Waals surface area contributed by atoms with Gasteiger partial charge in [0.15, 0.2) is 0 Å². The molecule has 1 aliphatic heterocycles. The lowest BCUT2D eigenvalue weighted by Crippen LogP contribution is -2.26. The van der Waals surface area contributed by atoms with Gasteiger partial charge in [-0.05, 0) is 25.0 Å². The lowest BCUT2D eigenvalue weighted by molar-refractivity contribution is -0.142. The van der Waals surface area contributed by atoms with E-state index in [-0.39, 0.29) is 19.0 Å². The average molecular weight is 347 g/mol. The summed E-state index contributed by atoms with van der Waals surface area (Å²) in [5, 5.41) is 9.13. The SMILES string of the molecule is Cl.O=C(O)C1CCc2cnc(-c3cccc(C(F)(F)F)c3)n2C1. The van der Waals surface area contributed by atoms with Crippen LogP contribution in [0.3, 0.4) is 0 Å². The van der Waals surface area contributed by atoms with E-state index >= 15 is 0 Å². The number of fused-ring (bicyclic) bond motifs is 1. The molecule has 4 nitrogen and oxygen atoms in total. The highest BCUT2D eigenvalue weighted by Gasteiger charge is 2.31. The quantitative estimate of drug-likeness (QED) is 0.903. The Morgan fingerprint density at radius 3 is 2.74 bits per heavy atom. The number of carbonyl (C=O) groups is 1. The molecule has 1 aliphatic rings. The van der Waals surface area contributed by atoms with E-state index in [1.54, 1.807) is 16.8 Å². The molecule has 0 saturated carbocycles. The first-order valence-corrected chi connectivity index (χ1v) is 6.81. The average Bonchev–Trinajstić information content (AvgIpc) is 2.89. The molecular formula is C15H14ClF3N2O2. The van der Waals surface area contributed by atoms with Crippen LogP contribution in [0.2, 0.25) is 0 Å². The van der Waals surface area contributed by atoms with Gasteiger partial charge in [-0.1, -0.05) is 12.1 Å². The van der Waals surface area contributed by atoms with Crippen LogP contribution >= 0.6 is 12.4 Å². The van der Waals surface area contributed by atoms with Gasteiger partial charge in [0.2, 0.25) is 0 Å². The molecular weight excluding hydrogens is 333 g/mol. The van der Waals surface area contributed by atoms with Gasteiger partial charge in [0, 0.05) is 24.0 Å². The Morgan fingerprint density at radius 1 is 1.35 bits per heavy atom. The number of carboxylic acids is 1. The molecule has 0 amide bonds. The van der Waals surface area contributed by atoms with Crippen LogP contribution in [0.5, 0.6) is 0 Å². The van der Waals surface area contributed by atoms with E-state index in [9.17, 15) is 18.0 Å². The summed E-state index contributed by atoms with van der Waals surface area (Å²) in [7, 11) is 0. The summed E-state index contributed by atoms with van der Waals surface area (Å²) in [4.78, 5) is 15.3. The second-order valence-corrected chi connectivity index (χ2v) is 5.34. The van der Waals surface area contributed by atoms with Gasteiger partial charge in [-0.3, -0.25) is 4.79 Å². The number of aryl methyl sites for hydroxylation is 1. The number of aliphatic carboxylic acids is 1. The molecule has 3 rings (SSSR count). The fraction of sp³-hybridized carbons (Fsp3) is 0.333. The van der Waals surface area contributed by atoms with E-state index in [1.165, 1.54) is 6.07 Å². The van der Waals surface area contributed by atoms with Crippen molar-refractivity contribution in [3.05, 3.63) is 41.7 Å². The maximum absolute atomic E-state index is 12.8. The highest BCUT2D eigenvalue weighted by atomic mass is 35.5. The van der Waals surface area contributed by atoms with E-state index in [0.717, 1.165) is 17.8 Å². The Bertz CT molecular complexity index is 728. The van der Waals surface area contributed by atoms with Crippen molar-refractivity contribution in [2.75, 3.05) is 0 Å². The summed E-state index contributed by atoms with van der Waals surface area (Å²) >= 11 is 0. The Morgan fingerprint density at radius 2 is 2.09 bits per heavy atom. The number of rotatable bonds is 2. The topological polar surface area (TPSA) is 55.1 Å². The summed E-state index contributed by atoms with van der Waals surface area (Å²) in [6.07, 6.45) is -1.74. The number of benzene rings is 1. The molecule has 23 heavy (non-hydrogen) atoms. The van der Waals surface area contributed by atoms with Crippen LogP contribution in [0, 0.1) is 5.92 Å². The van der Waals surface area contributed by atoms with Crippen molar-refractivity contribution in [1.82, 2.24) is 9.55 Å². The highest BCUT2D eigenvalue weighted by molar-refractivity contribution is 5.85. The molecule has 2 heterocycles. The molecule has 0 bridgehead atoms. The predicted molar refractivity (Wildman–Crippen MR) is 79.4 cm³/mol. The van der Waals surface area contributed by atoms with E-state index in [2.05, 4.69) is 4.98 Å². The summed E-state index contributed by atoms with van der Waals surface area (Å²) in [5.41, 5.74) is 0.449. The van der Waals surface area contributed by atoms with Gasteiger partial charge < -0.3 is 9.67 Å². The number of hydrogen-bond acceptors (Lipinski definition) is 2. The normalized spacial score (nSPS) is 17.3. The van der Waals surface area contributed by atoms with Crippen molar-refractivity contribution in [3.8, 4) is 11.4 Å². The third-order valence-electron chi connectivity index (χ3n) is 3.89. The van der Waals surface area contributed by atoms with Crippen LogP contribution < -0.4 is 0 Å². The van der Waals surface area contributed by atoms with Crippen LogP contribution in [-0.2, 0) is 23.9 Å². The molecule has 124 valence electrons. The second-order valence-electron chi connectivity index (χ2n) is 5.34. The first-order chi connectivity index (χ1) is 10.4. The lowest BCUT2D eigenvalue weighted by Gasteiger charge is -2.22. The molecule has 1 aromatic carbocycles. The number of imidazole rings is 1. The zero-order valence-electron chi connectivity index (χ0n) is 11.9. The number of alkyl halides is 3. The number of nitrogens with zero attached hydrogens (tertiary/aromatic N) is 2. The summed E-state index contributed by atoms with van der Waals surface area (Å²) < 4.78 is 40.1. The number of carboxylic acid groups (broad SMARTS) is 1. The monoisotopic (exact) mass is 346 g/mol. The molecule has 1 atom stereocenters. The minimum atomic E-state index is -4.42. The molecule has 0 spiro atoms. The predicted octanol–water partition coefficient (Wildman–Crippen LogP) is 3.64. The number of hydrogen-bond donors (Lipinski definition) is 1. The van der Waals surface area contributed by atoms with Crippen molar-refractivity contribution in [1.29, 1.82) is 0 Å². The van der Waals surface area contributed by atoms with Crippen LogP contribution in [0.1, 0.15) is 17.7 Å². The molecule has 0 saturated heterocycles. The van der Waals surface area contributed by atoms with E-state index < -0.39 is 23.6 Å². The van der Waals surface area contributed by atoms with Gasteiger partial charge in [-0.25, -0.2) is 4.98 Å². The molecule has 1 N–H and O–H groups in total. The zero-order valence-corrected chi connectivity index (χ0v) is 12.7. The Labute approximate surface area is 136 Å². The minimum Gasteiger partial charge on any atom is -0.481 e. The van der Waals surface area contributed by atoms with Crippen LogP contribution in [0.15, 0.2) is 30.5 Å². The minimum absolute atomic E-state index is 0. The Balaban J connectivity index is 0.00000192. The molecule has 0 aliphatic carbocycles. The Hall–Kier alpha value is -2.02. The van der Waals surface area contributed by atoms with Crippen molar-refractivity contribution in [2.45, 2.75) is 25.6 Å². The first-order valence-electron chi connectivity index (χ1n) is 6.81. The smallest absolute Gasteiger partial charge is 0.416 e. The summed E-state index contributed by atoms with van der Waals surface area (Å²) in [6.45, 7) is 0.232. The third kappa shape index (κ3) is 3.34. The van der Waals surface area contributed by atoms with Crippen LogP contribution in [-0.4, -0.2) is 20.6 Å². The largest absolute Gasteiger partial charge is 0.481 e. The molecule has 2 aromatic rings. The van der Waals surface area contributed by atoms with Gasteiger partial charge in [-0.15, -0.1) is 12.4 Å². The fourth-order valence-electron chi connectivity index (χ4n) is 2.71. The molecule has 1 aromatic heterocycles. The van der Waals surface area contributed by atoms with Crippen molar-refractivity contribution in [2.24, 2.45) is 5.92 Å². The van der Waals surface area contributed by atoms with Gasteiger partial charge in [-0.2, -0.15) is 13.2 Å². The lowest BCUT2D eigenvalue weighted by atomic mass is 9.98. The van der Waals surface area contributed by atoms with Crippen molar-refractivity contribution >= 4 is 18.4 Å². The number of halogens is 4. The first kappa shape index (κ1) is 17.3. The maximum atomic E-state index is 12.8. The number of aromatic nitrogens is 2. The van der Waals surface area contributed by atoms with Crippen molar-refractivity contribution < 1.29 is 23.1 Å². The highest BCUT2D eigenvalue weighted by Crippen LogP contribution is 2.33. The summed E-state index contributed by atoms with van der Waals surface area (Å²) in [5.74, 6) is -1.05. The van der Waals surface area contributed by atoms with Gasteiger partial charge in [0.25, 0.3) is 0 Å². The fourth-order valence-corrected chi connectivity index (χ4v) is 2.71. The third-order valence-corrected chi connectivity index (χ3v) is 3.89. The van der Waals surface area contributed by atoms with Gasteiger partial charge in [0.1, 0.15) is 5.82 Å².